The lowest BCUT2D eigenvalue weighted by atomic mass is 10.2. The molecule has 13 heavy (non-hydrogen) atoms. The standard InChI is InChI=1S/C9H21NO3/c1-8(11)4-3-5-10-6-9(12)7-13-2/h8-12H,3-7H2,1-2H3. The van der Waals surface area contributed by atoms with E-state index in [1.54, 1.807) is 14.0 Å². The molecule has 3 N–H and O–H groups in total. The third-order valence-electron chi connectivity index (χ3n) is 1.71. The highest BCUT2D eigenvalue weighted by atomic mass is 16.5. The van der Waals surface area contributed by atoms with Crippen molar-refractivity contribution in [3.8, 4) is 0 Å². The summed E-state index contributed by atoms with van der Waals surface area (Å²) in [5.41, 5.74) is 0. The maximum Gasteiger partial charge on any atom is 0.0897 e. The lowest BCUT2D eigenvalue weighted by Crippen LogP contribution is -2.30. The van der Waals surface area contributed by atoms with Gasteiger partial charge in [-0.2, -0.15) is 0 Å². The van der Waals surface area contributed by atoms with Gasteiger partial charge in [0.2, 0.25) is 0 Å². The fourth-order valence-electron chi connectivity index (χ4n) is 1.04. The van der Waals surface area contributed by atoms with Crippen LogP contribution >= 0.6 is 0 Å². The maximum absolute atomic E-state index is 9.22. The van der Waals surface area contributed by atoms with Gasteiger partial charge in [-0.1, -0.05) is 0 Å². The highest BCUT2D eigenvalue weighted by molar-refractivity contribution is 4.58. The Bertz CT molecular complexity index is 109. The number of ether oxygens (including phenoxy) is 1. The van der Waals surface area contributed by atoms with Gasteiger partial charge in [0.15, 0.2) is 0 Å². The van der Waals surface area contributed by atoms with Crippen LogP contribution in [0, 0.1) is 0 Å². The van der Waals surface area contributed by atoms with Crippen LogP contribution in [-0.2, 0) is 4.74 Å². The van der Waals surface area contributed by atoms with E-state index in [1.165, 1.54) is 0 Å². The van der Waals surface area contributed by atoms with Crippen LogP contribution in [0.3, 0.4) is 0 Å². The van der Waals surface area contributed by atoms with E-state index in [4.69, 9.17) is 9.84 Å². The van der Waals surface area contributed by atoms with Crippen molar-refractivity contribution in [2.45, 2.75) is 32.0 Å². The Morgan fingerprint density at radius 1 is 1.38 bits per heavy atom. The van der Waals surface area contributed by atoms with Gasteiger partial charge >= 0.3 is 0 Å². The van der Waals surface area contributed by atoms with Crippen molar-refractivity contribution in [1.29, 1.82) is 0 Å². The molecule has 0 aromatic carbocycles. The molecule has 4 heteroatoms. The molecular formula is C9H21NO3. The predicted molar refractivity (Wildman–Crippen MR) is 51.7 cm³/mol. The molecule has 2 atom stereocenters. The maximum atomic E-state index is 9.22. The van der Waals surface area contributed by atoms with Crippen molar-refractivity contribution < 1.29 is 14.9 Å². The fourth-order valence-corrected chi connectivity index (χ4v) is 1.04. The summed E-state index contributed by atoms with van der Waals surface area (Å²) in [6.45, 7) is 3.52. The first kappa shape index (κ1) is 12.8. The fraction of sp³-hybridized carbons (Fsp3) is 1.00. The molecule has 80 valence electrons. The number of aliphatic hydroxyl groups excluding tert-OH is 2. The van der Waals surface area contributed by atoms with Crippen molar-refractivity contribution in [2.24, 2.45) is 0 Å². The second-order valence-electron chi connectivity index (χ2n) is 3.30. The second kappa shape index (κ2) is 8.44. The first-order chi connectivity index (χ1) is 6.16. The Morgan fingerprint density at radius 2 is 2.08 bits per heavy atom. The molecule has 0 heterocycles. The molecule has 0 radical (unpaired) electrons. The molecular weight excluding hydrogens is 170 g/mol. The minimum absolute atomic E-state index is 0.231. The Balaban J connectivity index is 3.06. The van der Waals surface area contributed by atoms with Crippen LogP contribution in [0.25, 0.3) is 0 Å². The number of methoxy groups -OCH3 is 1. The number of hydrogen-bond donors (Lipinski definition) is 3. The van der Waals surface area contributed by atoms with Gasteiger partial charge < -0.3 is 20.3 Å². The average molecular weight is 191 g/mol. The van der Waals surface area contributed by atoms with E-state index in [0.29, 0.717) is 13.2 Å². The first-order valence-electron chi connectivity index (χ1n) is 4.72. The van der Waals surface area contributed by atoms with Crippen molar-refractivity contribution in [1.82, 2.24) is 5.32 Å². The zero-order chi connectivity index (χ0) is 10.1. The molecule has 0 aromatic heterocycles. The summed E-state index contributed by atoms with van der Waals surface area (Å²) in [7, 11) is 1.57. The first-order valence-corrected chi connectivity index (χ1v) is 4.72. The van der Waals surface area contributed by atoms with Gasteiger partial charge in [-0.15, -0.1) is 0 Å². The van der Waals surface area contributed by atoms with Crippen LogP contribution < -0.4 is 5.32 Å². The summed E-state index contributed by atoms with van der Waals surface area (Å²) < 4.78 is 4.77. The van der Waals surface area contributed by atoms with Gasteiger partial charge in [0.25, 0.3) is 0 Å². The van der Waals surface area contributed by atoms with Crippen LogP contribution in [0.15, 0.2) is 0 Å². The summed E-state index contributed by atoms with van der Waals surface area (Å²) in [6.07, 6.45) is 1.06. The molecule has 0 aliphatic rings. The molecule has 0 bridgehead atoms. The van der Waals surface area contributed by atoms with Crippen LogP contribution in [0.4, 0.5) is 0 Å². The van der Waals surface area contributed by atoms with E-state index in [9.17, 15) is 5.11 Å². The number of rotatable bonds is 8. The van der Waals surface area contributed by atoms with Crippen molar-refractivity contribution in [2.75, 3.05) is 26.8 Å². The zero-order valence-corrected chi connectivity index (χ0v) is 8.49. The molecule has 0 rings (SSSR count). The summed E-state index contributed by atoms with van der Waals surface area (Å²) in [6, 6.07) is 0. The summed E-state index contributed by atoms with van der Waals surface area (Å²) >= 11 is 0. The van der Waals surface area contributed by atoms with Gasteiger partial charge in [0.05, 0.1) is 18.8 Å². The van der Waals surface area contributed by atoms with Gasteiger partial charge in [0.1, 0.15) is 0 Å². The van der Waals surface area contributed by atoms with E-state index in [-0.39, 0.29) is 6.10 Å². The largest absolute Gasteiger partial charge is 0.393 e. The Hall–Kier alpha value is -0.160. The van der Waals surface area contributed by atoms with Crippen molar-refractivity contribution >= 4 is 0 Å². The van der Waals surface area contributed by atoms with E-state index in [1.807, 2.05) is 0 Å². The highest BCUT2D eigenvalue weighted by Gasteiger charge is 2.01. The molecule has 0 saturated carbocycles. The molecule has 0 amide bonds. The zero-order valence-electron chi connectivity index (χ0n) is 8.49. The number of hydrogen-bond acceptors (Lipinski definition) is 4. The molecule has 0 fully saturated rings. The third kappa shape index (κ3) is 9.76. The Labute approximate surface area is 79.9 Å². The van der Waals surface area contributed by atoms with Gasteiger partial charge in [-0.25, -0.2) is 0 Å². The molecule has 0 spiro atoms. The normalized spacial score (nSPS) is 15.7. The Morgan fingerprint density at radius 3 is 2.62 bits per heavy atom. The lowest BCUT2D eigenvalue weighted by molar-refractivity contribution is 0.0645. The van der Waals surface area contributed by atoms with Crippen molar-refractivity contribution in [3.63, 3.8) is 0 Å². The van der Waals surface area contributed by atoms with Crippen molar-refractivity contribution in [3.05, 3.63) is 0 Å². The van der Waals surface area contributed by atoms with Crippen LogP contribution in [0.5, 0.6) is 0 Å². The van der Waals surface area contributed by atoms with E-state index in [2.05, 4.69) is 5.32 Å². The SMILES string of the molecule is COCC(O)CNCCCC(C)O. The lowest BCUT2D eigenvalue weighted by Gasteiger charge is -2.10. The van der Waals surface area contributed by atoms with E-state index < -0.39 is 6.10 Å². The highest BCUT2D eigenvalue weighted by Crippen LogP contribution is 1.93. The van der Waals surface area contributed by atoms with Crippen LogP contribution in [0.1, 0.15) is 19.8 Å². The molecule has 2 unspecified atom stereocenters. The third-order valence-corrected chi connectivity index (χ3v) is 1.71. The quantitative estimate of drug-likeness (QED) is 0.463. The smallest absolute Gasteiger partial charge is 0.0897 e. The predicted octanol–water partition coefficient (Wildman–Crippen LogP) is -0.256. The molecule has 0 aliphatic carbocycles. The number of nitrogens with one attached hydrogen (secondary N) is 1. The second-order valence-corrected chi connectivity index (χ2v) is 3.30. The van der Waals surface area contributed by atoms with Gasteiger partial charge in [-0.3, -0.25) is 0 Å². The van der Waals surface area contributed by atoms with E-state index in [0.717, 1.165) is 19.4 Å². The summed E-state index contributed by atoms with van der Waals surface area (Å²) in [4.78, 5) is 0. The monoisotopic (exact) mass is 191 g/mol. The minimum Gasteiger partial charge on any atom is -0.393 e. The summed E-state index contributed by atoms with van der Waals surface area (Å²) in [5.74, 6) is 0. The molecule has 0 aromatic rings. The number of aliphatic hydroxyl groups is 2. The van der Waals surface area contributed by atoms with Crippen LogP contribution in [-0.4, -0.2) is 49.2 Å². The van der Waals surface area contributed by atoms with Gasteiger partial charge in [0, 0.05) is 13.7 Å². The topological polar surface area (TPSA) is 61.7 Å². The average Bonchev–Trinajstić information content (AvgIpc) is 2.03. The minimum atomic E-state index is -0.434. The molecule has 0 saturated heterocycles. The Kier molecular flexibility index (Phi) is 8.33. The van der Waals surface area contributed by atoms with Crippen LogP contribution in [0.2, 0.25) is 0 Å². The molecule has 4 nitrogen and oxygen atoms in total. The van der Waals surface area contributed by atoms with E-state index >= 15 is 0 Å². The summed E-state index contributed by atoms with van der Waals surface area (Å²) in [5, 5.41) is 21.3. The molecule has 0 aliphatic heterocycles. The van der Waals surface area contributed by atoms with Gasteiger partial charge in [-0.05, 0) is 26.3 Å².